The van der Waals surface area contributed by atoms with Crippen LogP contribution in [0.2, 0.25) is 0 Å². The molecule has 2 unspecified atom stereocenters. The third-order valence-electron chi connectivity index (χ3n) is 10.5. The molecule has 6 N–H and O–H groups in total. The molecule has 8 rings (SSSR count). The number of hydrogen-bond acceptors (Lipinski definition) is 23. The van der Waals surface area contributed by atoms with E-state index in [0.29, 0.717) is 64.2 Å². The van der Waals surface area contributed by atoms with E-state index in [-0.39, 0.29) is 29.5 Å². The summed E-state index contributed by atoms with van der Waals surface area (Å²) in [5.74, 6) is -3.17. The van der Waals surface area contributed by atoms with Gasteiger partial charge in [0.2, 0.25) is 33.9 Å². The molecular formula is C36H44N18O7S6. The van der Waals surface area contributed by atoms with E-state index < -0.39 is 70.4 Å². The number of nitrogens with two attached hydrogens (primary N) is 1. The molecule has 0 bridgehead atoms. The quantitative estimate of drug-likeness (QED) is 0.0493. The maximum absolute atomic E-state index is 14.2. The van der Waals surface area contributed by atoms with Crippen molar-refractivity contribution in [2.24, 2.45) is 0 Å². The van der Waals surface area contributed by atoms with E-state index in [9.17, 15) is 33.9 Å². The van der Waals surface area contributed by atoms with Crippen LogP contribution in [0.4, 0.5) is 10.3 Å². The smallest absolute Gasteiger partial charge is 0.330 e. The fraction of sp³-hybridized carbons (Fsp3) is 0.500. The van der Waals surface area contributed by atoms with Gasteiger partial charge >= 0.3 is 5.97 Å². The van der Waals surface area contributed by atoms with Crippen molar-refractivity contribution in [2.45, 2.75) is 71.2 Å². The van der Waals surface area contributed by atoms with Crippen LogP contribution in [0.1, 0.15) is 11.4 Å². The summed E-state index contributed by atoms with van der Waals surface area (Å²) in [7, 11) is 7.73. The summed E-state index contributed by atoms with van der Waals surface area (Å²) in [5, 5.41) is 49.5. The average Bonchev–Trinajstić information content (AvgIpc) is 4.13. The van der Waals surface area contributed by atoms with Crippen LogP contribution in [0.3, 0.4) is 0 Å². The highest BCUT2D eigenvalue weighted by molar-refractivity contribution is 8.03. The van der Waals surface area contributed by atoms with Crippen LogP contribution in [-0.4, -0.2) is 198 Å². The van der Waals surface area contributed by atoms with Gasteiger partial charge in [-0.1, -0.05) is 23.5 Å². The first kappa shape index (κ1) is 48.3. The molecule has 0 saturated carbocycles. The molecule has 4 aliphatic heterocycles. The number of likely N-dealkylation sites (N-methyl/N-ethyl adjacent to an activating group) is 2. The lowest BCUT2D eigenvalue weighted by Gasteiger charge is -2.52. The first-order valence-electron chi connectivity index (χ1n) is 20.3. The molecule has 0 spiro atoms. The summed E-state index contributed by atoms with van der Waals surface area (Å²) in [5.41, 5.74) is 7.60. The number of rotatable bonds is 21. The number of aromatic nitrogens is 10. The van der Waals surface area contributed by atoms with E-state index in [0.717, 1.165) is 11.3 Å². The van der Waals surface area contributed by atoms with Crippen LogP contribution in [0.25, 0.3) is 0 Å². The molecule has 2 saturated heterocycles. The second-order valence-corrected chi connectivity index (χ2v) is 21.5. The SMILES string of the molecule is CN(C)CCn1nnnc1SCC1=CS[C@@H]2[C@H](NC(=O)Cc3csc(NC(=O)C4C(CSc5nnnn5CCN(C)C)=CS[C@@H]5[C@H](NC(=O)Cc6csc(N)n6)C(=O)N45)n3)C(=O)N2C1C(=O)O. The van der Waals surface area contributed by atoms with Gasteiger partial charge < -0.3 is 41.1 Å². The number of fused-ring (bicyclic) bond motifs is 2. The topological polar surface area (TPSA) is 311 Å². The lowest BCUT2D eigenvalue weighted by Crippen LogP contribution is -2.74. The third kappa shape index (κ3) is 10.9. The molecule has 6 atom stereocenters. The predicted molar refractivity (Wildman–Crippen MR) is 251 cm³/mol. The van der Waals surface area contributed by atoms with Gasteiger partial charge in [0.25, 0.3) is 5.91 Å². The molecule has 356 valence electrons. The van der Waals surface area contributed by atoms with Gasteiger partial charge in [0.15, 0.2) is 16.3 Å². The molecule has 0 radical (unpaired) electrons. The first-order valence-corrected chi connectivity index (χ1v) is 25.9. The summed E-state index contributed by atoms with van der Waals surface area (Å²) in [6.45, 7) is 2.47. The van der Waals surface area contributed by atoms with E-state index >= 15 is 0 Å². The number of nitrogens with one attached hydrogen (secondary N) is 3. The van der Waals surface area contributed by atoms with Crippen molar-refractivity contribution in [2.75, 3.05) is 63.8 Å². The summed E-state index contributed by atoms with van der Waals surface area (Å²) < 4.78 is 3.30. The first-order chi connectivity index (χ1) is 32.1. The summed E-state index contributed by atoms with van der Waals surface area (Å²) in [4.78, 5) is 95.4. The fourth-order valence-corrected chi connectivity index (χ4v) is 13.0. The number of nitrogens with zero attached hydrogens (tertiary/aromatic N) is 14. The molecule has 2 fully saturated rings. The van der Waals surface area contributed by atoms with Crippen LogP contribution >= 0.6 is 69.7 Å². The minimum atomic E-state index is -1.22. The maximum atomic E-state index is 14.2. The normalized spacial score (nSPS) is 22.1. The maximum Gasteiger partial charge on any atom is 0.330 e. The van der Waals surface area contributed by atoms with Crippen LogP contribution in [0.15, 0.2) is 43.0 Å². The average molecular weight is 1030 g/mol. The van der Waals surface area contributed by atoms with Gasteiger partial charge in [0, 0.05) is 35.4 Å². The summed E-state index contributed by atoms with van der Waals surface area (Å²) in [6.07, 6.45) is -0.299. The number of thioether (sulfide) groups is 4. The van der Waals surface area contributed by atoms with Crippen molar-refractivity contribution in [1.29, 1.82) is 0 Å². The van der Waals surface area contributed by atoms with Crippen molar-refractivity contribution in [1.82, 2.24) is 80.6 Å². The number of carboxylic acid groups (broad SMARTS) is 1. The van der Waals surface area contributed by atoms with Gasteiger partial charge in [-0.15, -0.1) is 56.4 Å². The molecule has 0 aliphatic carbocycles. The molecule has 67 heavy (non-hydrogen) atoms. The van der Waals surface area contributed by atoms with Gasteiger partial charge in [0.05, 0.1) is 37.3 Å². The van der Waals surface area contributed by atoms with Gasteiger partial charge in [-0.05, 0) is 71.0 Å². The monoisotopic (exact) mass is 1030 g/mol. The van der Waals surface area contributed by atoms with Gasteiger partial charge in [0.1, 0.15) is 28.9 Å². The lowest BCUT2D eigenvalue weighted by molar-refractivity contribution is -0.160. The molecule has 4 aliphatic rings. The number of nitrogen functional groups attached to an aromatic ring is 1. The number of carbonyl (C=O) groups excluding carboxylic acids is 5. The minimum absolute atomic E-state index is 0.0650. The number of aliphatic carboxylic acids is 1. The molecule has 8 heterocycles. The Morgan fingerprint density at radius 1 is 0.746 bits per heavy atom. The number of carboxylic acids is 1. The Kier molecular flexibility index (Phi) is 15.1. The number of carbonyl (C=O) groups is 6. The van der Waals surface area contributed by atoms with Gasteiger partial charge in [-0.2, -0.15) is 0 Å². The van der Waals surface area contributed by atoms with E-state index in [1.54, 1.807) is 25.5 Å². The van der Waals surface area contributed by atoms with E-state index in [1.807, 2.05) is 43.4 Å². The third-order valence-corrected chi connectivity index (χ3v) is 16.6. The minimum Gasteiger partial charge on any atom is -0.479 e. The number of hydrogen-bond donors (Lipinski definition) is 5. The van der Waals surface area contributed by atoms with Crippen molar-refractivity contribution < 1.29 is 33.9 Å². The molecular weight excluding hydrogens is 989 g/mol. The molecule has 31 heteroatoms. The highest BCUT2D eigenvalue weighted by Gasteiger charge is 2.57. The van der Waals surface area contributed by atoms with Crippen LogP contribution in [0, 0.1) is 0 Å². The standard InChI is InChI=1S/C36H44N18O7S6/c1-49(2)5-7-51-35(43-45-47-51)66-13-17-11-62-30-23(40-21(55)9-19-15-64-33(37)38-19)28(58)53(30)25(17)27(57)42-34-39-20(16-65-34)10-22(56)41-24-29(59)54-26(32(60)61)18(12-63-31(24)54)14-67-36-44-46-48-52(36)8-6-50(3)4/h11-12,15-16,23-26,30-31H,5-10,13-14H2,1-4H3,(H2,37,38)(H,40,55)(H,41,56)(H,60,61)(H,39,42,57)/t23-,24-,25?,26?,30-,31-/m1/s1. The highest BCUT2D eigenvalue weighted by atomic mass is 32.2. The predicted octanol–water partition coefficient (Wildman–Crippen LogP) is -1.02. The van der Waals surface area contributed by atoms with E-state index in [4.69, 9.17) is 5.73 Å². The zero-order valence-corrected chi connectivity index (χ0v) is 41.0. The Bertz CT molecular complexity index is 2600. The molecule has 4 aromatic rings. The largest absolute Gasteiger partial charge is 0.479 e. The zero-order chi connectivity index (χ0) is 47.5. The van der Waals surface area contributed by atoms with Crippen molar-refractivity contribution in [3.8, 4) is 0 Å². The van der Waals surface area contributed by atoms with E-state index in [2.05, 4.69) is 57.0 Å². The van der Waals surface area contributed by atoms with Gasteiger partial charge in [-0.3, -0.25) is 29.3 Å². The number of tetrazole rings is 2. The lowest BCUT2D eigenvalue weighted by atomic mass is 9.98. The Morgan fingerprint density at radius 2 is 1.24 bits per heavy atom. The molecule has 5 amide bonds. The zero-order valence-electron chi connectivity index (χ0n) is 36.1. The number of amides is 5. The summed E-state index contributed by atoms with van der Waals surface area (Å²) in [6, 6.07) is -4.15. The molecule has 0 aromatic carbocycles. The summed E-state index contributed by atoms with van der Waals surface area (Å²) >= 11 is 7.43. The van der Waals surface area contributed by atoms with Crippen molar-refractivity contribution in [3.63, 3.8) is 0 Å². The highest BCUT2D eigenvalue weighted by Crippen LogP contribution is 2.43. The Morgan fingerprint density at radius 3 is 1.73 bits per heavy atom. The number of anilines is 2. The van der Waals surface area contributed by atoms with Gasteiger partial charge in [-0.25, -0.2) is 24.1 Å². The van der Waals surface area contributed by atoms with Crippen LogP contribution in [0.5, 0.6) is 0 Å². The molecule has 25 nitrogen and oxygen atoms in total. The van der Waals surface area contributed by atoms with Crippen molar-refractivity contribution in [3.05, 3.63) is 44.1 Å². The van der Waals surface area contributed by atoms with Crippen LogP contribution < -0.4 is 21.7 Å². The van der Waals surface area contributed by atoms with Crippen LogP contribution in [-0.2, 0) is 54.7 Å². The Balaban J connectivity index is 0.890. The van der Waals surface area contributed by atoms with E-state index in [1.165, 1.54) is 68.2 Å². The second-order valence-electron chi connectivity index (χ2n) is 15.9. The molecule has 4 aromatic heterocycles. The number of thiazole rings is 2. The fourth-order valence-electron chi connectivity index (χ4n) is 7.24. The Labute approximate surface area is 406 Å². The number of β-lactam (4-membered cyclic amide) rings is 2. The van der Waals surface area contributed by atoms with Crippen molar-refractivity contribution >= 4 is 115 Å². The second kappa shape index (κ2) is 21.0. The Hall–Kier alpha value is -5.18.